The molecule has 0 bridgehead atoms. The number of imide groups is 1. The number of benzene rings is 3. The molecule has 2 atom stereocenters. The number of para-hydroxylation sites is 1. The van der Waals surface area contributed by atoms with Crippen LogP contribution in [0.25, 0.3) is 0 Å². The first-order valence-corrected chi connectivity index (χ1v) is 18.9. The van der Waals surface area contributed by atoms with Crippen molar-refractivity contribution in [2.45, 2.75) is 116 Å². The maximum atomic E-state index is 15.4. The predicted octanol–water partition coefficient (Wildman–Crippen LogP) is 8.18. The van der Waals surface area contributed by atoms with Gasteiger partial charge in [-0.15, -0.1) is 0 Å². The average Bonchev–Trinajstić information content (AvgIpc) is 3.40. The second kappa shape index (κ2) is 15.6. The maximum absolute atomic E-state index is 15.4. The largest absolute Gasteiger partial charge is 0.462 e. The Bertz CT molecular complexity index is 1910. The maximum Gasteiger partial charge on any atom is 0.329 e. The summed E-state index contributed by atoms with van der Waals surface area (Å²) in [6, 6.07) is 20.1. The van der Waals surface area contributed by atoms with Crippen LogP contribution in [-0.2, 0) is 42.1 Å². The van der Waals surface area contributed by atoms with Gasteiger partial charge in [-0.3, -0.25) is 19.2 Å². The molecule has 1 saturated heterocycles. The summed E-state index contributed by atoms with van der Waals surface area (Å²) in [5.74, 6) is -3.15. The van der Waals surface area contributed by atoms with E-state index in [1.807, 2.05) is 71.9 Å². The van der Waals surface area contributed by atoms with E-state index in [1.165, 1.54) is 11.0 Å². The Morgan fingerprint density at radius 3 is 1.87 bits per heavy atom. The van der Waals surface area contributed by atoms with Crippen LogP contribution in [0.1, 0.15) is 111 Å². The van der Waals surface area contributed by atoms with Crippen LogP contribution < -0.4 is 15.8 Å². The molecule has 1 aliphatic heterocycles. The summed E-state index contributed by atoms with van der Waals surface area (Å²) in [7, 11) is 0. The molecule has 0 aliphatic carbocycles. The number of nitrogens with two attached hydrogens (primary N) is 1. The van der Waals surface area contributed by atoms with Gasteiger partial charge in [0.2, 0.25) is 5.54 Å². The highest BCUT2D eigenvalue weighted by Gasteiger charge is 2.62. The third-order valence-corrected chi connectivity index (χ3v) is 11.3. The van der Waals surface area contributed by atoms with Gasteiger partial charge in [-0.1, -0.05) is 135 Å². The SMILES string of the molecule is CCC(Cl)(Oc1cc(C(C(=O)Nc2ccccc2)(C(=O)C(C)(C)C)N2C(=O)CN(Cc3ccccc3)C2=O)cc(C(C)(C)CC)c1C(C)(C)CC)C(N)=O. The molecule has 0 spiro atoms. The molecule has 4 rings (SSSR count). The highest BCUT2D eigenvalue weighted by molar-refractivity contribution is 6.33. The molecular formula is C43H55ClN4O6. The van der Waals surface area contributed by atoms with E-state index in [0.717, 1.165) is 10.5 Å². The third kappa shape index (κ3) is 7.90. The number of anilines is 1. The predicted molar refractivity (Wildman–Crippen MR) is 212 cm³/mol. The van der Waals surface area contributed by atoms with E-state index < -0.39 is 56.4 Å². The quantitative estimate of drug-likeness (QED) is 0.0911. The standard InChI is InChI=1S/C43H55ClN4O6/c1-11-40(7,8)31-24-29(25-32(34(31)41(9,10)12-2)54-42(44,13-3)36(45)51)43(35(50)39(4,5)6,37(52)46-30-22-18-15-19-23-30)48-33(49)27-47(38(48)53)26-28-20-16-14-17-21-28/h14-25H,11-13,26-27H2,1-10H3,(H2,45,51)(H,46,52). The van der Waals surface area contributed by atoms with Gasteiger partial charge in [0.05, 0.1) is 0 Å². The van der Waals surface area contributed by atoms with Crippen molar-refractivity contribution in [3.63, 3.8) is 0 Å². The molecule has 10 nitrogen and oxygen atoms in total. The van der Waals surface area contributed by atoms with Crippen molar-refractivity contribution < 1.29 is 28.7 Å². The number of ether oxygens (including phenoxy) is 1. The molecule has 54 heavy (non-hydrogen) atoms. The van der Waals surface area contributed by atoms with Gasteiger partial charge >= 0.3 is 6.03 Å². The van der Waals surface area contributed by atoms with Crippen LogP contribution in [-0.4, -0.2) is 50.9 Å². The summed E-state index contributed by atoms with van der Waals surface area (Å²) in [6.45, 7) is 18.4. The monoisotopic (exact) mass is 758 g/mol. The number of rotatable bonds is 15. The minimum Gasteiger partial charge on any atom is -0.462 e. The zero-order valence-corrected chi connectivity index (χ0v) is 34.0. The molecular weight excluding hydrogens is 704 g/mol. The first-order valence-electron chi connectivity index (χ1n) is 18.5. The van der Waals surface area contributed by atoms with E-state index in [-0.39, 0.29) is 30.8 Å². The first-order chi connectivity index (χ1) is 25.1. The van der Waals surface area contributed by atoms with Crippen LogP contribution >= 0.6 is 11.6 Å². The van der Waals surface area contributed by atoms with Crippen molar-refractivity contribution in [3.8, 4) is 5.75 Å². The Morgan fingerprint density at radius 2 is 1.37 bits per heavy atom. The summed E-state index contributed by atoms with van der Waals surface area (Å²) in [6.07, 6.45) is 1.23. The number of hydrogen-bond donors (Lipinski definition) is 2. The van der Waals surface area contributed by atoms with Crippen LogP contribution in [0.3, 0.4) is 0 Å². The number of hydrogen-bond acceptors (Lipinski definition) is 6. The molecule has 290 valence electrons. The normalized spacial score (nSPS) is 16.1. The smallest absolute Gasteiger partial charge is 0.329 e. The number of Topliss-reactive ketones (excluding diaryl/α,β-unsaturated/α-hetero) is 1. The number of ketones is 1. The minimum absolute atomic E-state index is 0.00921. The number of amides is 5. The van der Waals surface area contributed by atoms with Crippen LogP contribution in [0.4, 0.5) is 10.5 Å². The van der Waals surface area contributed by atoms with Crippen LogP contribution in [0, 0.1) is 5.41 Å². The van der Waals surface area contributed by atoms with Crippen molar-refractivity contribution in [2.75, 3.05) is 11.9 Å². The molecule has 1 fully saturated rings. The van der Waals surface area contributed by atoms with Gasteiger partial charge in [0.1, 0.15) is 12.3 Å². The van der Waals surface area contributed by atoms with E-state index in [2.05, 4.69) is 5.32 Å². The van der Waals surface area contributed by atoms with Crippen LogP contribution in [0.2, 0.25) is 0 Å². The Morgan fingerprint density at radius 1 is 0.815 bits per heavy atom. The lowest BCUT2D eigenvalue weighted by Gasteiger charge is -2.43. The molecule has 5 amide bonds. The summed E-state index contributed by atoms with van der Waals surface area (Å²) in [5.41, 5.74) is 3.31. The fourth-order valence-corrected chi connectivity index (χ4v) is 6.85. The molecule has 3 aromatic rings. The second-order valence-electron chi connectivity index (χ2n) is 16.4. The lowest BCUT2D eigenvalue weighted by Crippen LogP contribution is -2.64. The van der Waals surface area contributed by atoms with Crippen LogP contribution in [0.15, 0.2) is 72.8 Å². The zero-order valence-electron chi connectivity index (χ0n) is 33.3. The fourth-order valence-electron chi connectivity index (χ4n) is 6.77. The van der Waals surface area contributed by atoms with Gasteiger partial charge in [-0.25, -0.2) is 9.69 Å². The van der Waals surface area contributed by atoms with E-state index in [1.54, 1.807) is 64.1 Å². The molecule has 1 aliphatic rings. The fraction of sp³-hybridized carbons (Fsp3) is 0.465. The van der Waals surface area contributed by atoms with Gasteiger partial charge in [-0.2, -0.15) is 0 Å². The molecule has 0 saturated carbocycles. The van der Waals surface area contributed by atoms with Gasteiger partial charge in [0.15, 0.2) is 5.78 Å². The number of nitrogens with zero attached hydrogens (tertiary/aromatic N) is 2. The van der Waals surface area contributed by atoms with Gasteiger partial charge in [0, 0.05) is 29.6 Å². The van der Waals surface area contributed by atoms with Crippen molar-refractivity contribution in [1.82, 2.24) is 9.80 Å². The molecule has 0 aromatic heterocycles. The molecule has 3 N–H and O–H groups in total. The minimum atomic E-state index is -2.56. The molecule has 0 radical (unpaired) electrons. The molecule has 2 unspecified atom stereocenters. The lowest BCUT2D eigenvalue weighted by atomic mass is 9.67. The van der Waals surface area contributed by atoms with Gasteiger partial charge < -0.3 is 20.7 Å². The first kappa shape index (κ1) is 42.0. The Hall–Kier alpha value is -4.70. The molecule has 11 heteroatoms. The van der Waals surface area contributed by atoms with Crippen molar-refractivity contribution in [3.05, 3.63) is 95.1 Å². The van der Waals surface area contributed by atoms with Crippen LogP contribution in [0.5, 0.6) is 5.75 Å². The highest BCUT2D eigenvalue weighted by atomic mass is 35.5. The van der Waals surface area contributed by atoms with E-state index in [0.29, 0.717) is 29.7 Å². The number of alkyl halides is 1. The lowest BCUT2D eigenvalue weighted by molar-refractivity contribution is -0.152. The Labute approximate surface area is 324 Å². The number of primary amides is 1. The third-order valence-electron chi connectivity index (χ3n) is 10.7. The van der Waals surface area contributed by atoms with Gasteiger partial charge in [-0.05, 0) is 58.6 Å². The van der Waals surface area contributed by atoms with Crippen molar-refractivity contribution in [1.29, 1.82) is 0 Å². The zero-order chi connectivity index (χ0) is 40.4. The molecule has 1 heterocycles. The highest BCUT2D eigenvalue weighted by Crippen LogP contribution is 2.49. The number of halogens is 1. The van der Waals surface area contributed by atoms with Crippen molar-refractivity contribution >= 4 is 46.8 Å². The summed E-state index contributed by atoms with van der Waals surface area (Å²) < 4.78 is 6.48. The number of carbonyl (C=O) groups excluding carboxylic acids is 5. The molecule has 3 aromatic carbocycles. The number of urea groups is 1. The topological polar surface area (TPSA) is 139 Å². The summed E-state index contributed by atoms with van der Waals surface area (Å²) >= 11 is 6.83. The number of nitrogens with one attached hydrogen (secondary N) is 1. The van der Waals surface area contributed by atoms with E-state index >= 15 is 9.59 Å². The van der Waals surface area contributed by atoms with E-state index in [9.17, 15) is 14.4 Å². The van der Waals surface area contributed by atoms with E-state index in [4.69, 9.17) is 22.1 Å². The summed E-state index contributed by atoms with van der Waals surface area (Å²) in [5, 5.41) is 0.876. The second-order valence-corrected chi connectivity index (χ2v) is 17.0. The average molecular weight is 759 g/mol. The van der Waals surface area contributed by atoms with Gasteiger partial charge in [0.25, 0.3) is 22.8 Å². The number of carbonyl (C=O) groups is 5. The Balaban J connectivity index is 2.22. The summed E-state index contributed by atoms with van der Waals surface area (Å²) in [4.78, 5) is 75.1. The Kier molecular flexibility index (Phi) is 12.1. The van der Waals surface area contributed by atoms with Crippen molar-refractivity contribution in [2.24, 2.45) is 11.1 Å².